The van der Waals surface area contributed by atoms with Gasteiger partial charge in [-0.3, -0.25) is 4.79 Å². The smallest absolute Gasteiger partial charge is 0.254 e. The summed E-state index contributed by atoms with van der Waals surface area (Å²) in [5.74, 6) is 1.68. The molecule has 4 aromatic rings. The quantitative estimate of drug-likeness (QED) is 0.434. The number of nitrogens with two attached hydrogens (primary N) is 1. The second-order valence-corrected chi connectivity index (χ2v) is 10.3. The SMILES string of the molecule is CCOc1cc(C(=O)N2CC(N)CC(C#N)C2)cc2nc(-c3cc4cccnc4n3CC3CC3)n(C)c12. The van der Waals surface area contributed by atoms with Crippen LogP contribution in [0.2, 0.25) is 0 Å². The number of carbonyl (C=O) groups excluding carboxylic acids is 1. The molecule has 37 heavy (non-hydrogen) atoms. The number of amides is 1. The average molecular weight is 498 g/mol. The lowest BCUT2D eigenvalue weighted by Gasteiger charge is -2.33. The molecule has 1 aliphatic carbocycles. The maximum atomic E-state index is 13.5. The summed E-state index contributed by atoms with van der Waals surface area (Å²) in [4.78, 5) is 24.9. The van der Waals surface area contributed by atoms with Crippen LogP contribution in [0.1, 0.15) is 36.5 Å². The van der Waals surface area contributed by atoms with Gasteiger partial charge in [0.25, 0.3) is 5.91 Å². The number of benzene rings is 1. The molecule has 2 unspecified atom stereocenters. The predicted octanol–water partition coefficient (Wildman–Crippen LogP) is 3.71. The van der Waals surface area contributed by atoms with Crippen molar-refractivity contribution in [1.29, 1.82) is 5.26 Å². The monoisotopic (exact) mass is 497 g/mol. The Balaban J connectivity index is 1.46. The van der Waals surface area contributed by atoms with Crippen molar-refractivity contribution in [3.8, 4) is 23.3 Å². The van der Waals surface area contributed by atoms with E-state index in [1.165, 1.54) is 12.8 Å². The number of carbonyl (C=O) groups is 1. The molecule has 1 aromatic carbocycles. The van der Waals surface area contributed by atoms with Crippen LogP contribution >= 0.6 is 0 Å². The van der Waals surface area contributed by atoms with Gasteiger partial charge in [0.2, 0.25) is 0 Å². The summed E-state index contributed by atoms with van der Waals surface area (Å²) in [5, 5.41) is 10.5. The van der Waals surface area contributed by atoms with Gasteiger partial charge in [-0.05, 0) is 62.4 Å². The summed E-state index contributed by atoms with van der Waals surface area (Å²) in [6.07, 6.45) is 4.91. The maximum absolute atomic E-state index is 13.5. The van der Waals surface area contributed by atoms with E-state index in [-0.39, 0.29) is 17.9 Å². The molecule has 2 atom stereocenters. The molecule has 1 saturated heterocycles. The first-order valence-corrected chi connectivity index (χ1v) is 13.0. The van der Waals surface area contributed by atoms with Crippen LogP contribution in [-0.2, 0) is 13.6 Å². The van der Waals surface area contributed by atoms with Gasteiger partial charge in [-0.1, -0.05) is 0 Å². The molecule has 4 heterocycles. The standard InChI is InChI=1S/C28H31N7O2/c1-3-37-24-12-20(28(36)34-14-18(13-29)9-21(30)16-34)10-22-25(24)33(2)27(32-22)23-11-19-5-4-8-31-26(19)35(23)15-17-6-7-17/h4-5,8,10-12,17-18,21H,3,6-7,9,14-16,30H2,1-2H3. The summed E-state index contributed by atoms with van der Waals surface area (Å²) in [7, 11) is 1.99. The number of nitriles is 1. The van der Waals surface area contributed by atoms with Gasteiger partial charge in [-0.15, -0.1) is 0 Å². The Hall–Kier alpha value is -3.90. The van der Waals surface area contributed by atoms with Crippen LogP contribution < -0.4 is 10.5 Å². The number of ether oxygens (including phenoxy) is 1. The summed E-state index contributed by atoms with van der Waals surface area (Å²) in [6, 6.07) is 11.9. The van der Waals surface area contributed by atoms with Crippen molar-refractivity contribution < 1.29 is 9.53 Å². The molecule has 1 aliphatic heterocycles. The van der Waals surface area contributed by atoms with E-state index in [4.69, 9.17) is 15.5 Å². The van der Waals surface area contributed by atoms with E-state index in [2.05, 4.69) is 32.3 Å². The highest BCUT2D eigenvalue weighted by Crippen LogP contribution is 2.37. The first kappa shape index (κ1) is 23.5. The zero-order valence-electron chi connectivity index (χ0n) is 21.2. The third-order valence-corrected chi connectivity index (χ3v) is 7.46. The number of imidazole rings is 1. The van der Waals surface area contributed by atoms with Gasteiger partial charge < -0.3 is 24.5 Å². The number of rotatable bonds is 6. The highest BCUT2D eigenvalue weighted by atomic mass is 16.5. The van der Waals surface area contributed by atoms with Crippen LogP contribution in [0.4, 0.5) is 0 Å². The second kappa shape index (κ2) is 9.20. The molecule has 190 valence electrons. The Labute approximate surface area is 215 Å². The zero-order valence-corrected chi connectivity index (χ0v) is 21.2. The Morgan fingerprint density at radius 1 is 1.27 bits per heavy atom. The van der Waals surface area contributed by atoms with Crippen LogP contribution in [0.3, 0.4) is 0 Å². The van der Waals surface area contributed by atoms with Gasteiger partial charge >= 0.3 is 0 Å². The number of fused-ring (bicyclic) bond motifs is 2. The lowest BCUT2D eigenvalue weighted by atomic mass is 9.95. The van der Waals surface area contributed by atoms with E-state index >= 15 is 0 Å². The summed E-state index contributed by atoms with van der Waals surface area (Å²) >= 11 is 0. The van der Waals surface area contributed by atoms with Crippen LogP contribution in [0, 0.1) is 23.2 Å². The van der Waals surface area contributed by atoms with Crippen molar-refractivity contribution in [1.82, 2.24) is 24.0 Å². The molecule has 6 rings (SSSR count). The molecule has 2 aliphatic rings. The topological polar surface area (TPSA) is 115 Å². The van der Waals surface area contributed by atoms with Crippen molar-refractivity contribution in [3.05, 3.63) is 42.1 Å². The number of hydrogen-bond acceptors (Lipinski definition) is 6. The van der Waals surface area contributed by atoms with E-state index < -0.39 is 0 Å². The van der Waals surface area contributed by atoms with Crippen molar-refractivity contribution >= 4 is 28.0 Å². The van der Waals surface area contributed by atoms with Crippen molar-refractivity contribution in [2.75, 3.05) is 19.7 Å². The minimum absolute atomic E-state index is 0.155. The summed E-state index contributed by atoms with van der Waals surface area (Å²) < 4.78 is 10.4. The first-order chi connectivity index (χ1) is 18.0. The third kappa shape index (κ3) is 4.21. The molecular weight excluding hydrogens is 466 g/mol. The lowest BCUT2D eigenvalue weighted by Crippen LogP contribution is -2.49. The highest BCUT2D eigenvalue weighted by Gasteiger charge is 2.30. The molecule has 2 N–H and O–H groups in total. The largest absolute Gasteiger partial charge is 0.492 e. The van der Waals surface area contributed by atoms with Crippen LogP contribution in [-0.4, -0.2) is 55.6 Å². The molecule has 9 nitrogen and oxygen atoms in total. The normalized spacial score (nSPS) is 19.9. The van der Waals surface area contributed by atoms with E-state index in [0.29, 0.717) is 48.9 Å². The minimum Gasteiger partial charge on any atom is -0.492 e. The summed E-state index contributed by atoms with van der Waals surface area (Å²) in [6.45, 7) is 4.12. The zero-order chi connectivity index (χ0) is 25.7. The number of aryl methyl sites for hydroxylation is 1. The molecule has 0 spiro atoms. The highest BCUT2D eigenvalue weighted by molar-refractivity contribution is 6.00. The number of likely N-dealkylation sites (tertiary alicyclic amines) is 1. The van der Waals surface area contributed by atoms with Crippen LogP contribution in [0.5, 0.6) is 5.75 Å². The third-order valence-electron chi connectivity index (χ3n) is 7.46. The number of pyridine rings is 1. The minimum atomic E-state index is -0.258. The van der Waals surface area contributed by atoms with Gasteiger partial charge in [0.1, 0.15) is 16.9 Å². The molecule has 3 aromatic heterocycles. The molecule has 0 bridgehead atoms. The molecule has 1 saturated carbocycles. The van der Waals surface area contributed by atoms with Gasteiger partial charge in [-0.2, -0.15) is 5.26 Å². The second-order valence-electron chi connectivity index (χ2n) is 10.3. The van der Waals surface area contributed by atoms with Gasteiger partial charge in [0.15, 0.2) is 5.82 Å². The van der Waals surface area contributed by atoms with Crippen molar-refractivity contribution in [2.45, 2.75) is 38.8 Å². The lowest BCUT2D eigenvalue weighted by molar-refractivity contribution is 0.0679. The van der Waals surface area contributed by atoms with Crippen LogP contribution in [0.15, 0.2) is 36.5 Å². The average Bonchev–Trinajstić information content (AvgIpc) is 3.56. The van der Waals surface area contributed by atoms with Crippen molar-refractivity contribution in [2.24, 2.45) is 24.6 Å². The number of piperidine rings is 1. The molecule has 0 radical (unpaired) electrons. The predicted molar refractivity (Wildman–Crippen MR) is 141 cm³/mol. The fourth-order valence-electron chi connectivity index (χ4n) is 5.52. The van der Waals surface area contributed by atoms with E-state index in [1.54, 1.807) is 11.0 Å². The molecule has 1 amide bonds. The molecular formula is C28H31N7O2. The fraction of sp³-hybridized carbons (Fsp3) is 0.429. The van der Waals surface area contributed by atoms with Gasteiger partial charge in [0.05, 0.1) is 29.8 Å². The van der Waals surface area contributed by atoms with Gasteiger partial charge in [-0.25, -0.2) is 9.97 Å². The molecule has 2 fully saturated rings. The Bertz CT molecular complexity index is 1540. The Morgan fingerprint density at radius 2 is 2.11 bits per heavy atom. The fourth-order valence-corrected chi connectivity index (χ4v) is 5.52. The van der Waals surface area contributed by atoms with Crippen molar-refractivity contribution in [3.63, 3.8) is 0 Å². The van der Waals surface area contributed by atoms with Crippen LogP contribution in [0.25, 0.3) is 33.6 Å². The van der Waals surface area contributed by atoms with E-state index in [1.807, 2.05) is 32.3 Å². The first-order valence-electron chi connectivity index (χ1n) is 13.0. The Morgan fingerprint density at radius 3 is 2.86 bits per heavy atom. The Kier molecular flexibility index (Phi) is 5.84. The number of aromatic nitrogens is 4. The number of hydrogen-bond donors (Lipinski definition) is 1. The molecule has 9 heteroatoms. The maximum Gasteiger partial charge on any atom is 0.254 e. The van der Waals surface area contributed by atoms with E-state index in [0.717, 1.165) is 34.6 Å². The number of nitrogens with zero attached hydrogens (tertiary/aromatic N) is 6. The summed E-state index contributed by atoms with van der Waals surface area (Å²) in [5.41, 5.74) is 10.2. The van der Waals surface area contributed by atoms with E-state index in [9.17, 15) is 10.1 Å². The van der Waals surface area contributed by atoms with Gasteiger partial charge in [0, 0.05) is 49.9 Å².